The highest BCUT2D eigenvalue weighted by Crippen LogP contribution is 2.19. The standard InChI is InChI=1S/C8H7BrClNO2/c1-2-13-8(12)7-6(10)3-5(9)4-11-7/h3-4H,2H2,1H3. The van der Waals surface area contributed by atoms with Crippen LogP contribution < -0.4 is 0 Å². The van der Waals surface area contributed by atoms with Crippen molar-refractivity contribution in [3.8, 4) is 0 Å². The molecular weight excluding hydrogens is 257 g/mol. The van der Waals surface area contributed by atoms with Gasteiger partial charge in [0.05, 0.1) is 11.6 Å². The number of nitrogens with zero attached hydrogens (tertiary/aromatic N) is 1. The Morgan fingerprint density at radius 1 is 1.77 bits per heavy atom. The van der Waals surface area contributed by atoms with Crippen molar-refractivity contribution in [2.45, 2.75) is 6.92 Å². The van der Waals surface area contributed by atoms with Crippen molar-refractivity contribution in [2.75, 3.05) is 6.61 Å². The van der Waals surface area contributed by atoms with E-state index in [0.717, 1.165) is 4.47 Å². The highest BCUT2D eigenvalue weighted by molar-refractivity contribution is 9.10. The molecule has 0 saturated heterocycles. The van der Waals surface area contributed by atoms with Crippen LogP contribution >= 0.6 is 27.5 Å². The van der Waals surface area contributed by atoms with Crippen LogP contribution in [0, 0.1) is 0 Å². The third kappa shape index (κ3) is 2.67. The number of esters is 1. The Labute approximate surface area is 89.2 Å². The molecule has 1 aromatic heterocycles. The number of pyridine rings is 1. The molecule has 0 radical (unpaired) electrons. The zero-order valence-corrected chi connectivity index (χ0v) is 9.22. The Balaban J connectivity index is 2.95. The summed E-state index contributed by atoms with van der Waals surface area (Å²) in [6.45, 7) is 2.04. The fourth-order valence-electron chi connectivity index (χ4n) is 0.764. The summed E-state index contributed by atoms with van der Waals surface area (Å²) in [4.78, 5) is 15.0. The zero-order chi connectivity index (χ0) is 9.84. The Morgan fingerprint density at radius 3 is 3.00 bits per heavy atom. The maximum Gasteiger partial charge on any atom is 0.358 e. The largest absolute Gasteiger partial charge is 0.461 e. The quantitative estimate of drug-likeness (QED) is 0.771. The minimum absolute atomic E-state index is 0.145. The predicted octanol–water partition coefficient (Wildman–Crippen LogP) is 2.67. The Morgan fingerprint density at radius 2 is 2.46 bits per heavy atom. The predicted molar refractivity (Wildman–Crippen MR) is 52.9 cm³/mol. The first kappa shape index (κ1) is 10.5. The molecule has 70 valence electrons. The molecule has 0 aliphatic carbocycles. The minimum Gasteiger partial charge on any atom is -0.461 e. The van der Waals surface area contributed by atoms with Gasteiger partial charge in [-0.1, -0.05) is 11.6 Å². The van der Waals surface area contributed by atoms with Gasteiger partial charge in [-0.25, -0.2) is 9.78 Å². The molecule has 1 heterocycles. The van der Waals surface area contributed by atoms with E-state index in [1.54, 1.807) is 13.0 Å². The molecule has 0 fully saturated rings. The van der Waals surface area contributed by atoms with Crippen LogP contribution in [0.15, 0.2) is 16.7 Å². The van der Waals surface area contributed by atoms with Crippen LogP contribution in [-0.2, 0) is 4.74 Å². The molecule has 0 N–H and O–H groups in total. The Hall–Kier alpha value is -0.610. The van der Waals surface area contributed by atoms with Gasteiger partial charge in [0.2, 0.25) is 0 Å². The van der Waals surface area contributed by atoms with E-state index >= 15 is 0 Å². The molecule has 0 aliphatic heterocycles. The average molecular weight is 265 g/mol. The molecular formula is C8H7BrClNO2. The summed E-state index contributed by atoms with van der Waals surface area (Å²) in [6.07, 6.45) is 1.50. The number of aromatic nitrogens is 1. The van der Waals surface area contributed by atoms with Crippen LogP contribution in [0.5, 0.6) is 0 Å². The molecule has 0 saturated carbocycles. The van der Waals surface area contributed by atoms with Crippen molar-refractivity contribution in [3.63, 3.8) is 0 Å². The number of hydrogen-bond acceptors (Lipinski definition) is 3. The summed E-state index contributed by atoms with van der Waals surface area (Å²) in [5.41, 5.74) is 0.145. The second-order valence-corrected chi connectivity index (χ2v) is 3.53. The summed E-state index contributed by atoms with van der Waals surface area (Å²) in [7, 11) is 0. The van der Waals surface area contributed by atoms with Crippen molar-refractivity contribution in [2.24, 2.45) is 0 Å². The van der Waals surface area contributed by atoms with Crippen LogP contribution in [0.4, 0.5) is 0 Å². The van der Waals surface area contributed by atoms with Crippen LogP contribution in [-0.4, -0.2) is 17.6 Å². The van der Waals surface area contributed by atoms with Gasteiger partial charge in [-0.2, -0.15) is 0 Å². The molecule has 13 heavy (non-hydrogen) atoms. The summed E-state index contributed by atoms with van der Waals surface area (Å²) in [5, 5.41) is 0.285. The molecule has 0 amide bonds. The summed E-state index contributed by atoms with van der Waals surface area (Å²) >= 11 is 8.95. The maximum atomic E-state index is 11.2. The monoisotopic (exact) mass is 263 g/mol. The smallest absolute Gasteiger partial charge is 0.358 e. The summed E-state index contributed by atoms with van der Waals surface area (Å²) in [5.74, 6) is -0.500. The fourth-order valence-corrected chi connectivity index (χ4v) is 1.47. The zero-order valence-electron chi connectivity index (χ0n) is 6.88. The SMILES string of the molecule is CCOC(=O)c1ncc(Br)cc1Cl. The lowest BCUT2D eigenvalue weighted by Crippen LogP contribution is -2.07. The molecule has 0 unspecified atom stereocenters. The van der Waals surface area contributed by atoms with Crippen molar-refractivity contribution in [1.82, 2.24) is 4.98 Å². The second-order valence-electron chi connectivity index (χ2n) is 2.20. The topological polar surface area (TPSA) is 39.2 Å². The normalized spacial score (nSPS) is 9.77. The van der Waals surface area contributed by atoms with Gasteiger partial charge in [0.25, 0.3) is 0 Å². The number of carbonyl (C=O) groups excluding carboxylic acids is 1. The average Bonchev–Trinajstić information content (AvgIpc) is 2.04. The van der Waals surface area contributed by atoms with E-state index in [1.807, 2.05) is 0 Å². The number of ether oxygens (including phenoxy) is 1. The van der Waals surface area contributed by atoms with Gasteiger partial charge in [0.1, 0.15) is 0 Å². The molecule has 5 heteroatoms. The first-order valence-corrected chi connectivity index (χ1v) is 4.80. The van der Waals surface area contributed by atoms with E-state index in [-0.39, 0.29) is 10.7 Å². The molecule has 0 atom stereocenters. The van der Waals surface area contributed by atoms with Gasteiger partial charge in [-0.05, 0) is 28.9 Å². The number of hydrogen-bond donors (Lipinski definition) is 0. The molecule has 1 rings (SSSR count). The van der Waals surface area contributed by atoms with E-state index in [1.165, 1.54) is 6.20 Å². The fraction of sp³-hybridized carbons (Fsp3) is 0.250. The van der Waals surface area contributed by atoms with Gasteiger partial charge >= 0.3 is 5.97 Å². The minimum atomic E-state index is -0.500. The number of carbonyl (C=O) groups is 1. The van der Waals surface area contributed by atoms with Crippen LogP contribution in [0.3, 0.4) is 0 Å². The third-order valence-electron chi connectivity index (χ3n) is 1.28. The van der Waals surface area contributed by atoms with E-state index in [2.05, 4.69) is 20.9 Å². The second kappa shape index (κ2) is 4.58. The number of halogens is 2. The molecule has 1 aromatic rings. The van der Waals surface area contributed by atoms with Crippen molar-refractivity contribution in [3.05, 3.63) is 27.5 Å². The summed E-state index contributed by atoms with van der Waals surface area (Å²) < 4.78 is 5.47. The highest BCUT2D eigenvalue weighted by atomic mass is 79.9. The molecule has 0 aromatic carbocycles. The lowest BCUT2D eigenvalue weighted by atomic mass is 10.3. The Kier molecular flexibility index (Phi) is 3.69. The van der Waals surface area contributed by atoms with Gasteiger partial charge in [-0.3, -0.25) is 0 Å². The van der Waals surface area contributed by atoms with E-state index in [9.17, 15) is 4.79 Å². The highest BCUT2D eigenvalue weighted by Gasteiger charge is 2.12. The molecule has 0 aliphatic rings. The third-order valence-corrected chi connectivity index (χ3v) is 2.00. The Bertz CT molecular complexity index is 330. The van der Waals surface area contributed by atoms with E-state index < -0.39 is 5.97 Å². The van der Waals surface area contributed by atoms with Crippen LogP contribution in [0.2, 0.25) is 5.02 Å². The molecule has 0 spiro atoms. The van der Waals surface area contributed by atoms with E-state index in [0.29, 0.717) is 6.61 Å². The van der Waals surface area contributed by atoms with Crippen molar-refractivity contribution >= 4 is 33.5 Å². The van der Waals surface area contributed by atoms with Crippen LogP contribution in [0.1, 0.15) is 17.4 Å². The van der Waals surface area contributed by atoms with Crippen LogP contribution in [0.25, 0.3) is 0 Å². The number of rotatable bonds is 2. The van der Waals surface area contributed by atoms with Crippen molar-refractivity contribution < 1.29 is 9.53 Å². The van der Waals surface area contributed by atoms with Crippen molar-refractivity contribution in [1.29, 1.82) is 0 Å². The van der Waals surface area contributed by atoms with Gasteiger partial charge in [-0.15, -0.1) is 0 Å². The van der Waals surface area contributed by atoms with Gasteiger partial charge in [0, 0.05) is 10.7 Å². The molecule has 0 bridgehead atoms. The molecule has 3 nitrogen and oxygen atoms in total. The van der Waals surface area contributed by atoms with Gasteiger partial charge in [0.15, 0.2) is 5.69 Å². The lowest BCUT2D eigenvalue weighted by Gasteiger charge is -2.02. The maximum absolute atomic E-state index is 11.2. The summed E-state index contributed by atoms with van der Waals surface area (Å²) in [6, 6.07) is 1.60. The first-order valence-electron chi connectivity index (χ1n) is 3.63. The van der Waals surface area contributed by atoms with Gasteiger partial charge < -0.3 is 4.74 Å². The lowest BCUT2D eigenvalue weighted by molar-refractivity contribution is 0.0519. The first-order chi connectivity index (χ1) is 6.15. The van der Waals surface area contributed by atoms with E-state index in [4.69, 9.17) is 16.3 Å².